The fourth-order valence-electron chi connectivity index (χ4n) is 3.08. The van der Waals surface area contributed by atoms with Crippen LogP contribution in [0.15, 0.2) is 48.5 Å². The van der Waals surface area contributed by atoms with Gasteiger partial charge in [0.2, 0.25) is 11.8 Å². The number of benzene rings is 2. The highest BCUT2D eigenvalue weighted by molar-refractivity contribution is 6.00. The summed E-state index contributed by atoms with van der Waals surface area (Å²) < 4.78 is 10.6. The third kappa shape index (κ3) is 5.04. The molecular weight excluding hydrogens is 374 g/mol. The first-order chi connectivity index (χ1) is 14.0. The minimum Gasteiger partial charge on any atom is -0.497 e. The number of amides is 3. The fourth-order valence-corrected chi connectivity index (χ4v) is 3.08. The topological polar surface area (TPSA) is 97.0 Å². The average molecular weight is 397 g/mol. The van der Waals surface area contributed by atoms with Crippen LogP contribution in [0.5, 0.6) is 11.5 Å². The lowest BCUT2D eigenvalue weighted by atomic mass is 10.1. The van der Waals surface area contributed by atoms with Crippen LogP contribution >= 0.6 is 0 Å². The SMILES string of the molecule is CNC(=O)[C@@H]1CC(=O)N(c2ccc(OCC(=O)Nc3ccc(OC)cc3)cc2)C1. The van der Waals surface area contributed by atoms with Gasteiger partial charge in [0.25, 0.3) is 5.91 Å². The highest BCUT2D eigenvalue weighted by Crippen LogP contribution is 2.27. The van der Waals surface area contributed by atoms with Crippen molar-refractivity contribution in [1.29, 1.82) is 0 Å². The van der Waals surface area contributed by atoms with Crippen LogP contribution in [-0.4, -0.2) is 45.0 Å². The standard InChI is InChI=1S/C21H23N3O5/c1-22-21(27)14-11-20(26)24(12-14)16-5-9-18(10-6-16)29-13-19(25)23-15-3-7-17(28-2)8-4-15/h3-10,14H,11-13H2,1-2H3,(H,22,27)(H,23,25)/t14-/m1/s1. The molecule has 3 amide bonds. The summed E-state index contributed by atoms with van der Waals surface area (Å²) in [5, 5.41) is 5.31. The Balaban J connectivity index is 1.52. The van der Waals surface area contributed by atoms with E-state index >= 15 is 0 Å². The number of hydrogen-bond donors (Lipinski definition) is 2. The van der Waals surface area contributed by atoms with Gasteiger partial charge in [-0.15, -0.1) is 0 Å². The van der Waals surface area contributed by atoms with Crippen molar-refractivity contribution in [2.75, 3.05) is 37.5 Å². The van der Waals surface area contributed by atoms with Gasteiger partial charge in [0.05, 0.1) is 13.0 Å². The van der Waals surface area contributed by atoms with Crippen LogP contribution in [0, 0.1) is 5.92 Å². The predicted octanol–water partition coefficient (Wildman–Crippen LogP) is 1.81. The van der Waals surface area contributed by atoms with E-state index in [0.29, 0.717) is 29.4 Å². The largest absolute Gasteiger partial charge is 0.497 e. The van der Waals surface area contributed by atoms with Gasteiger partial charge in [0, 0.05) is 31.4 Å². The molecule has 1 fully saturated rings. The maximum atomic E-state index is 12.2. The Morgan fingerprint density at radius 1 is 1.07 bits per heavy atom. The lowest BCUT2D eigenvalue weighted by Gasteiger charge is -2.17. The van der Waals surface area contributed by atoms with Gasteiger partial charge in [-0.2, -0.15) is 0 Å². The van der Waals surface area contributed by atoms with Crippen LogP contribution in [0.25, 0.3) is 0 Å². The second kappa shape index (κ2) is 9.09. The molecule has 2 N–H and O–H groups in total. The Bertz CT molecular complexity index is 880. The zero-order valence-electron chi connectivity index (χ0n) is 16.3. The molecule has 8 heteroatoms. The van der Waals surface area contributed by atoms with Crippen LogP contribution < -0.4 is 25.0 Å². The summed E-state index contributed by atoms with van der Waals surface area (Å²) >= 11 is 0. The summed E-state index contributed by atoms with van der Waals surface area (Å²) in [5.74, 6) is 0.355. The highest BCUT2D eigenvalue weighted by Gasteiger charge is 2.34. The van der Waals surface area contributed by atoms with Crippen molar-refractivity contribution in [2.24, 2.45) is 5.92 Å². The Morgan fingerprint density at radius 3 is 2.34 bits per heavy atom. The quantitative estimate of drug-likeness (QED) is 0.743. The summed E-state index contributed by atoms with van der Waals surface area (Å²) in [5.41, 5.74) is 1.34. The molecule has 1 aliphatic rings. The zero-order valence-corrected chi connectivity index (χ0v) is 16.3. The van der Waals surface area contributed by atoms with E-state index in [0.717, 1.165) is 0 Å². The Morgan fingerprint density at radius 2 is 1.72 bits per heavy atom. The number of anilines is 2. The van der Waals surface area contributed by atoms with Gasteiger partial charge in [-0.3, -0.25) is 14.4 Å². The smallest absolute Gasteiger partial charge is 0.262 e. The molecule has 0 bridgehead atoms. The molecule has 1 atom stereocenters. The summed E-state index contributed by atoms with van der Waals surface area (Å²) in [4.78, 5) is 37.5. The molecule has 0 unspecified atom stereocenters. The number of rotatable bonds is 7. The van der Waals surface area contributed by atoms with Crippen LogP contribution in [-0.2, 0) is 14.4 Å². The number of carbonyl (C=O) groups is 3. The minimum absolute atomic E-state index is 0.0915. The molecule has 2 aromatic rings. The Hall–Kier alpha value is -3.55. The van der Waals surface area contributed by atoms with Gasteiger partial charge in [-0.1, -0.05) is 0 Å². The number of nitrogens with zero attached hydrogens (tertiary/aromatic N) is 1. The second-order valence-electron chi connectivity index (χ2n) is 6.58. The first-order valence-corrected chi connectivity index (χ1v) is 9.19. The average Bonchev–Trinajstić information content (AvgIpc) is 3.14. The van der Waals surface area contributed by atoms with E-state index in [1.165, 1.54) is 0 Å². The lowest BCUT2D eigenvalue weighted by Crippen LogP contribution is -2.30. The maximum Gasteiger partial charge on any atom is 0.262 e. The fraction of sp³-hybridized carbons (Fsp3) is 0.286. The third-order valence-corrected chi connectivity index (χ3v) is 4.63. The molecular formula is C21H23N3O5. The van der Waals surface area contributed by atoms with E-state index in [4.69, 9.17) is 9.47 Å². The van der Waals surface area contributed by atoms with Crippen molar-refractivity contribution in [3.8, 4) is 11.5 Å². The van der Waals surface area contributed by atoms with Crippen molar-refractivity contribution in [3.05, 3.63) is 48.5 Å². The zero-order chi connectivity index (χ0) is 20.8. The molecule has 1 aliphatic heterocycles. The molecule has 0 saturated carbocycles. The molecule has 1 saturated heterocycles. The van der Waals surface area contributed by atoms with E-state index in [9.17, 15) is 14.4 Å². The Labute approximate surface area is 168 Å². The van der Waals surface area contributed by atoms with Gasteiger partial charge in [0.15, 0.2) is 6.61 Å². The van der Waals surface area contributed by atoms with Crippen molar-refractivity contribution in [2.45, 2.75) is 6.42 Å². The van der Waals surface area contributed by atoms with Crippen molar-refractivity contribution in [3.63, 3.8) is 0 Å². The van der Waals surface area contributed by atoms with Gasteiger partial charge >= 0.3 is 0 Å². The first kappa shape index (κ1) is 20.2. The maximum absolute atomic E-state index is 12.2. The summed E-state index contributed by atoms with van der Waals surface area (Å²) in [6.07, 6.45) is 0.198. The molecule has 8 nitrogen and oxygen atoms in total. The predicted molar refractivity (Wildman–Crippen MR) is 108 cm³/mol. The van der Waals surface area contributed by atoms with Crippen LogP contribution in [0.3, 0.4) is 0 Å². The number of ether oxygens (including phenoxy) is 2. The number of hydrogen-bond acceptors (Lipinski definition) is 5. The van der Waals surface area contributed by atoms with Gasteiger partial charge in [0.1, 0.15) is 11.5 Å². The number of methoxy groups -OCH3 is 1. The highest BCUT2D eigenvalue weighted by atomic mass is 16.5. The van der Waals surface area contributed by atoms with Gasteiger partial charge < -0.3 is 25.0 Å². The Kier molecular flexibility index (Phi) is 6.33. The molecule has 0 radical (unpaired) electrons. The normalized spacial score (nSPS) is 15.7. The lowest BCUT2D eigenvalue weighted by molar-refractivity contribution is -0.125. The van der Waals surface area contributed by atoms with Crippen LogP contribution in [0.2, 0.25) is 0 Å². The number of carbonyl (C=O) groups excluding carboxylic acids is 3. The summed E-state index contributed by atoms with van der Waals surface area (Å²) in [6.45, 7) is 0.204. The van der Waals surface area contributed by atoms with Crippen LogP contribution in [0.1, 0.15) is 6.42 Å². The van der Waals surface area contributed by atoms with E-state index in [2.05, 4.69) is 10.6 Å². The molecule has 0 aliphatic carbocycles. The van der Waals surface area contributed by atoms with Crippen LogP contribution in [0.4, 0.5) is 11.4 Å². The van der Waals surface area contributed by atoms with E-state index in [1.807, 2.05) is 0 Å². The molecule has 29 heavy (non-hydrogen) atoms. The van der Waals surface area contributed by atoms with Gasteiger partial charge in [-0.25, -0.2) is 0 Å². The molecule has 1 heterocycles. The summed E-state index contributed by atoms with van der Waals surface area (Å²) in [6, 6.07) is 13.8. The molecule has 0 spiro atoms. The van der Waals surface area contributed by atoms with Crippen molar-refractivity contribution < 1.29 is 23.9 Å². The van der Waals surface area contributed by atoms with Crippen molar-refractivity contribution in [1.82, 2.24) is 5.32 Å². The third-order valence-electron chi connectivity index (χ3n) is 4.63. The molecule has 152 valence electrons. The minimum atomic E-state index is -0.343. The van der Waals surface area contributed by atoms with E-state index in [1.54, 1.807) is 67.6 Å². The van der Waals surface area contributed by atoms with Crippen molar-refractivity contribution >= 4 is 29.1 Å². The first-order valence-electron chi connectivity index (χ1n) is 9.19. The number of nitrogens with one attached hydrogen (secondary N) is 2. The molecule has 2 aromatic carbocycles. The van der Waals surface area contributed by atoms with E-state index < -0.39 is 0 Å². The van der Waals surface area contributed by atoms with Gasteiger partial charge in [-0.05, 0) is 48.5 Å². The molecule has 0 aromatic heterocycles. The monoisotopic (exact) mass is 397 g/mol. The molecule has 3 rings (SSSR count). The second-order valence-corrected chi connectivity index (χ2v) is 6.58. The summed E-state index contributed by atoms with van der Waals surface area (Å²) in [7, 11) is 3.14. The van der Waals surface area contributed by atoms with E-state index in [-0.39, 0.29) is 36.7 Å².